The highest BCUT2D eigenvalue weighted by molar-refractivity contribution is 5.78. The van der Waals surface area contributed by atoms with E-state index in [4.69, 9.17) is 15.2 Å². The zero-order valence-electron chi connectivity index (χ0n) is 13.6. The van der Waals surface area contributed by atoms with Crippen LogP contribution in [0.2, 0.25) is 0 Å². The van der Waals surface area contributed by atoms with E-state index in [1.165, 1.54) is 0 Å². The molecule has 1 aromatic carbocycles. The Hall–Kier alpha value is -1.75. The van der Waals surface area contributed by atoms with Crippen LogP contribution in [-0.4, -0.2) is 31.8 Å². The molecule has 1 atom stereocenters. The van der Waals surface area contributed by atoms with Crippen LogP contribution >= 0.6 is 0 Å². The second kappa shape index (κ2) is 8.52. The molecule has 0 saturated carbocycles. The summed E-state index contributed by atoms with van der Waals surface area (Å²) in [6.07, 6.45) is 0.131. The summed E-state index contributed by atoms with van der Waals surface area (Å²) in [6.45, 7) is 9.13. The van der Waals surface area contributed by atoms with Gasteiger partial charge in [-0.1, -0.05) is 12.1 Å². The standard InChI is InChI=1S/C16H27N3O2/c1-11(2)21-15-8-12(3)6-7-14(15)9-18-16(17)19-13(4)10-20-5/h6-8,11,13H,9-10H2,1-5H3,(H3,17,18,19). The first kappa shape index (κ1) is 17.3. The van der Waals surface area contributed by atoms with E-state index in [1.807, 2.05) is 39.8 Å². The van der Waals surface area contributed by atoms with Gasteiger partial charge in [-0.3, -0.25) is 0 Å². The van der Waals surface area contributed by atoms with Crippen molar-refractivity contribution >= 4 is 5.96 Å². The van der Waals surface area contributed by atoms with Crippen LogP contribution in [0, 0.1) is 6.92 Å². The Morgan fingerprint density at radius 3 is 2.67 bits per heavy atom. The third-order valence-corrected chi connectivity index (χ3v) is 2.82. The van der Waals surface area contributed by atoms with Crippen LogP contribution in [0.1, 0.15) is 31.9 Å². The molecule has 0 aliphatic heterocycles. The van der Waals surface area contributed by atoms with E-state index in [0.717, 1.165) is 16.9 Å². The smallest absolute Gasteiger partial charge is 0.189 e. The van der Waals surface area contributed by atoms with E-state index < -0.39 is 0 Å². The first-order valence-corrected chi connectivity index (χ1v) is 7.24. The fraction of sp³-hybridized carbons (Fsp3) is 0.562. The van der Waals surface area contributed by atoms with Gasteiger partial charge in [-0.25, -0.2) is 4.99 Å². The van der Waals surface area contributed by atoms with Crippen molar-refractivity contribution in [2.24, 2.45) is 10.7 Å². The molecule has 1 aromatic rings. The largest absolute Gasteiger partial charge is 0.491 e. The van der Waals surface area contributed by atoms with Gasteiger partial charge in [0.15, 0.2) is 5.96 Å². The third-order valence-electron chi connectivity index (χ3n) is 2.82. The number of ether oxygens (including phenoxy) is 2. The van der Waals surface area contributed by atoms with Gasteiger partial charge in [-0.05, 0) is 39.3 Å². The molecule has 118 valence electrons. The quantitative estimate of drug-likeness (QED) is 0.597. The molecular formula is C16H27N3O2. The molecule has 0 aromatic heterocycles. The number of methoxy groups -OCH3 is 1. The lowest BCUT2D eigenvalue weighted by Crippen LogP contribution is -2.40. The normalized spacial score (nSPS) is 13.3. The van der Waals surface area contributed by atoms with Crippen LogP contribution in [0.5, 0.6) is 5.75 Å². The topological polar surface area (TPSA) is 68.9 Å². The number of nitrogens with one attached hydrogen (secondary N) is 1. The summed E-state index contributed by atoms with van der Waals surface area (Å²) in [4.78, 5) is 4.36. The molecule has 0 amide bonds. The van der Waals surface area contributed by atoms with Gasteiger partial charge in [0.05, 0.1) is 19.3 Å². The van der Waals surface area contributed by atoms with Crippen LogP contribution < -0.4 is 15.8 Å². The maximum atomic E-state index is 5.88. The van der Waals surface area contributed by atoms with Crippen LogP contribution in [0.25, 0.3) is 0 Å². The Balaban J connectivity index is 2.73. The lowest BCUT2D eigenvalue weighted by molar-refractivity contribution is 0.179. The second-order valence-electron chi connectivity index (χ2n) is 5.48. The Kier molecular flexibility index (Phi) is 7.02. The molecule has 0 aliphatic carbocycles. The van der Waals surface area contributed by atoms with Gasteiger partial charge in [0.25, 0.3) is 0 Å². The number of aryl methyl sites for hydroxylation is 1. The van der Waals surface area contributed by atoms with Crippen molar-refractivity contribution in [2.75, 3.05) is 13.7 Å². The third kappa shape index (κ3) is 6.49. The number of benzene rings is 1. The van der Waals surface area contributed by atoms with Crippen LogP contribution in [0.15, 0.2) is 23.2 Å². The first-order valence-electron chi connectivity index (χ1n) is 7.24. The number of guanidine groups is 1. The van der Waals surface area contributed by atoms with Crippen molar-refractivity contribution in [3.05, 3.63) is 29.3 Å². The number of aliphatic imine (C=N–C) groups is 1. The van der Waals surface area contributed by atoms with Gasteiger partial charge in [0, 0.05) is 18.7 Å². The Bertz CT molecular complexity index is 473. The Labute approximate surface area is 127 Å². The molecule has 1 rings (SSSR count). The second-order valence-corrected chi connectivity index (χ2v) is 5.48. The molecule has 21 heavy (non-hydrogen) atoms. The SMILES string of the molecule is COCC(C)NC(N)=NCc1ccc(C)cc1OC(C)C. The maximum absolute atomic E-state index is 5.88. The summed E-state index contributed by atoms with van der Waals surface area (Å²) in [5.74, 6) is 1.28. The van der Waals surface area contributed by atoms with Crippen LogP contribution in [0.4, 0.5) is 0 Å². The molecular weight excluding hydrogens is 266 g/mol. The minimum absolute atomic E-state index is 0.128. The molecule has 5 nitrogen and oxygen atoms in total. The van der Waals surface area contributed by atoms with Crippen LogP contribution in [0.3, 0.4) is 0 Å². The van der Waals surface area contributed by atoms with Gasteiger partial charge in [0.2, 0.25) is 0 Å². The molecule has 1 unspecified atom stereocenters. The zero-order valence-corrected chi connectivity index (χ0v) is 13.6. The van der Waals surface area contributed by atoms with E-state index in [9.17, 15) is 0 Å². The number of hydrogen-bond acceptors (Lipinski definition) is 3. The number of rotatable bonds is 7. The summed E-state index contributed by atoms with van der Waals surface area (Å²) in [5.41, 5.74) is 8.07. The highest BCUT2D eigenvalue weighted by atomic mass is 16.5. The van der Waals surface area contributed by atoms with Crippen molar-refractivity contribution in [1.29, 1.82) is 0 Å². The maximum Gasteiger partial charge on any atom is 0.189 e. The highest BCUT2D eigenvalue weighted by Crippen LogP contribution is 2.22. The molecule has 0 heterocycles. The van der Waals surface area contributed by atoms with E-state index in [2.05, 4.69) is 16.4 Å². The Morgan fingerprint density at radius 2 is 2.05 bits per heavy atom. The fourth-order valence-electron chi connectivity index (χ4n) is 1.92. The van der Waals surface area contributed by atoms with Crippen molar-refractivity contribution in [2.45, 2.75) is 46.4 Å². The fourth-order valence-corrected chi connectivity index (χ4v) is 1.92. The minimum Gasteiger partial charge on any atom is -0.491 e. The summed E-state index contributed by atoms with van der Waals surface area (Å²) in [6, 6.07) is 6.24. The summed E-state index contributed by atoms with van der Waals surface area (Å²) in [5, 5.41) is 3.08. The van der Waals surface area contributed by atoms with Gasteiger partial charge >= 0.3 is 0 Å². The predicted molar refractivity (Wildman–Crippen MR) is 86.7 cm³/mol. The molecule has 5 heteroatoms. The zero-order chi connectivity index (χ0) is 15.8. The molecule has 0 fully saturated rings. The van der Waals surface area contributed by atoms with Crippen molar-refractivity contribution < 1.29 is 9.47 Å². The molecule has 0 bridgehead atoms. The van der Waals surface area contributed by atoms with E-state index in [-0.39, 0.29) is 12.1 Å². The average molecular weight is 293 g/mol. The highest BCUT2D eigenvalue weighted by Gasteiger charge is 2.07. The summed E-state index contributed by atoms with van der Waals surface area (Å²) >= 11 is 0. The van der Waals surface area contributed by atoms with Gasteiger partial charge in [-0.15, -0.1) is 0 Å². The van der Waals surface area contributed by atoms with Crippen molar-refractivity contribution in [3.8, 4) is 5.75 Å². The van der Waals surface area contributed by atoms with Crippen molar-refractivity contribution in [1.82, 2.24) is 5.32 Å². The minimum atomic E-state index is 0.128. The van der Waals surface area contributed by atoms with Gasteiger partial charge in [0.1, 0.15) is 5.75 Å². The summed E-state index contributed by atoms with van der Waals surface area (Å²) < 4.78 is 10.9. The van der Waals surface area contributed by atoms with E-state index in [0.29, 0.717) is 19.1 Å². The first-order chi connectivity index (χ1) is 9.92. The molecule has 0 aliphatic rings. The lowest BCUT2D eigenvalue weighted by atomic mass is 10.1. The average Bonchev–Trinajstić information content (AvgIpc) is 2.37. The lowest BCUT2D eigenvalue weighted by Gasteiger charge is -2.15. The monoisotopic (exact) mass is 293 g/mol. The van der Waals surface area contributed by atoms with Gasteiger partial charge < -0.3 is 20.5 Å². The number of nitrogens with two attached hydrogens (primary N) is 1. The molecule has 0 radical (unpaired) electrons. The van der Waals surface area contributed by atoms with Crippen LogP contribution in [-0.2, 0) is 11.3 Å². The van der Waals surface area contributed by atoms with E-state index >= 15 is 0 Å². The molecule has 3 N–H and O–H groups in total. The van der Waals surface area contributed by atoms with Crippen molar-refractivity contribution in [3.63, 3.8) is 0 Å². The Morgan fingerprint density at radius 1 is 1.33 bits per heavy atom. The summed E-state index contributed by atoms with van der Waals surface area (Å²) in [7, 11) is 1.66. The molecule has 0 saturated heterocycles. The molecule has 0 spiro atoms. The van der Waals surface area contributed by atoms with Gasteiger partial charge in [-0.2, -0.15) is 0 Å². The predicted octanol–water partition coefficient (Wildman–Crippen LogP) is 2.22. The number of hydrogen-bond donors (Lipinski definition) is 2. The number of nitrogens with zero attached hydrogens (tertiary/aromatic N) is 1. The van der Waals surface area contributed by atoms with E-state index in [1.54, 1.807) is 7.11 Å².